The monoisotopic (exact) mass is 356 g/mol. The van der Waals surface area contributed by atoms with Crippen LogP contribution in [0, 0.1) is 6.92 Å². The van der Waals surface area contributed by atoms with Gasteiger partial charge >= 0.3 is 0 Å². The maximum absolute atomic E-state index is 6.29. The van der Waals surface area contributed by atoms with Crippen molar-refractivity contribution in [2.45, 2.75) is 19.5 Å². The van der Waals surface area contributed by atoms with Crippen LogP contribution in [0.25, 0.3) is 0 Å². The highest BCUT2D eigenvalue weighted by Crippen LogP contribution is 2.30. The number of furan rings is 1. The molecule has 0 saturated heterocycles. The van der Waals surface area contributed by atoms with Crippen molar-refractivity contribution in [3.05, 3.63) is 56.9 Å². The highest BCUT2D eigenvalue weighted by atomic mass is 79.9. The van der Waals surface area contributed by atoms with Gasteiger partial charge in [0.15, 0.2) is 0 Å². The molecular weight excluding hydrogens is 340 g/mol. The molecule has 0 spiro atoms. The van der Waals surface area contributed by atoms with E-state index in [1.54, 1.807) is 0 Å². The van der Waals surface area contributed by atoms with E-state index in [0.29, 0.717) is 13.1 Å². The zero-order valence-electron chi connectivity index (χ0n) is 11.6. The van der Waals surface area contributed by atoms with Gasteiger partial charge in [-0.15, -0.1) is 0 Å². The second-order valence-corrected chi connectivity index (χ2v) is 6.17. The van der Waals surface area contributed by atoms with Gasteiger partial charge in [-0.2, -0.15) is 0 Å². The minimum Gasteiger partial charge on any atom is -0.465 e. The van der Waals surface area contributed by atoms with Crippen LogP contribution in [0.4, 0.5) is 0 Å². The lowest BCUT2D eigenvalue weighted by Crippen LogP contribution is -2.30. The number of benzene rings is 1. The molecule has 0 aliphatic heterocycles. The molecule has 0 radical (unpaired) electrons. The van der Waals surface area contributed by atoms with Gasteiger partial charge in [-0.25, -0.2) is 0 Å². The first-order valence-corrected chi connectivity index (χ1v) is 7.59. The highest BCUT2D eigenvalue weighted by molar-refractivity contribution is 9.10. The van der Waals surface area contributed by atoms with E-state index >= 15 is 0 Å². The quantitative estimate of drug-likeness (QED) is 0.874. The average molecular weight is 358 g/mol. The van der Waals surface area contributed by atoms with E-state index in [1.807, 2.05) is 44.3 Å². The van der Waals surface area contributed by atoms with Crippen LogP contribution in [0.3, 0.4) is 0 Å². The van der Waals surface area contributed by atoms with Crippen LogP contribution in [-0.4, -0.2) is 18.5 Å². The van der Waals surface area contributed by atoms with E-state index in [4.69, 9.17) is 21.8 Å². The minimum atomic E-state index is 0.0467. The molecule has 0 amide bonds. The van der Waals surface area contributed by atoms with Crippen molar-refractivity contribution in [2.24, 2.45) is 5.73 Å². The highest BCUT2D eigenvalue weighted by Gasteiger charge is 2.19. The Morgan fingerprint density at radius 2 is 2.10 bits per heavy atom. The number of rotatable bonds is 5. The van der Waals surface area contributed by atoms with Gasteiger partial charge in [-0.05, 0) is 49.9 Å². The molecule has 0 bridgehead atoms. The van der Waals surface area contributed by atoms with Gasteiger partial charge in [-0.3, -0.25) is 4.90 Å². The van der Waals surface area contributed by atoms with Crippen molar-refractivity contribution in [2.75, 3.05) is 13.6 Å². The first-order valence-electron chi connectivity index (χ1n) is 6.42. The fraction of sp³-hybridized carbons (Fsp3) is 0.333. The summed E-state index contributed by atoms with van der Waals surface area (Å²) in [6.07, 6.45) is 0. The molecular formula is C15H18BrClN2O. The van der Waals surface area contributed by atoms with Gasteiger partial charge in [-0.1, -0.05) is 27.5 Å². The van der Waals surface area contributed by atoms with E-state index in [2.05, 4.69) is 20.8 Å². The fourth-order valence-electron chi connectivity index (χ4n) is 2.24. The molecule has 5 heteroatoms. The third-order valence-corrected chi connectivity index (χ3v) is 4.11. The lowest BCUT2D eigenvalue weighted by Gasteiger charge is -2.27. The molecule has 1 atom stereocenters. The molecule has 1 aromatic heterocycles. The molecule has 0 saturated carbocycles. The van der Waals surface area contributed by atoms with E-state index in [-0.39, 0.29) is 6.04 Å². The molecule has 2 aromatic rings. The molecule has 2 N–H and O–H groups in total. The number of likely N-dealkylation sites (N-methyl/N-ethyl adjacent to an activating group) is 1. The summed E-state index contributed by atoms with van der Waals surface area (Å²) in [6.45, 7) is 3.13. The van der Waals surface area contributed by atoms with E-state index < -0.39 is 0 Å². The zero-order chi connectivity index (χ0) is 14.7. The zero-order valence-corrected chi connectivity index (χ0v) is 13.9. The number of halogens is 2. The first-order chi connectivity index (χ1) is 9.51. The predicted molar refractivity (Wildman–Crippen MR) is 85.9 cm³/mol. The third kappa shape index (κ3) is 3.64. The van der Waals surface area contributed by atoms with Crippen molar-refractivity contribution < 1.29 is 4.42 Å². The second kappa shape index (κ2) is 6.76. The topological polar surface area (TPSA) is 42.4 Å². The summed E-state index contributed by atoms with van der Waals surface area (Å²) in [7, 11) is 2.02. The molecule has 0 fully saturated rings. The number of nitrogens with zero attached hydrogens (tertiary/aromatic N) is 1. The van der Waals surface area contributed by atoms with Gasteiger partial charge in [0.1, 0.15) is 11.5 Å². The Balaban J connectivity index is 2.20. The van der Waals surface area contributed by atoms with Crippen LogP contribution in [0.5, 0.6) is 0 Å². The summed E-state index contributed by atoms with van der Waals surface area (Å²) in [4.78, 5) is 2.14. The normalized spacial score (nSPS) is 12.9. The van der Waals surface area contributed by atoms with Crippen LogP contribution in [-0.2, 0) is 6.54 Å². The van der Waals surface area contributed by atoms with E-state index in [9.17, 15) is 0 Å². The second-order valence-electron chi connectivity index (χ2n) is 4.84. The molecule has 108 valence electrons. The molecule has 20 heavy (non-hydrogen) atoms. The molecule has 1 aromatic carbocycles. The van der Waals surface area contributed by atoms with Gasteiger partial charge in [0, 0.05) is 22.1 Å². The van der Waals surface area contributed by atoms with Crippen LogP contribution >= 0.6 is 27.5 Å². The smallest absolute Gasteiger partial charge is 0.118 e. The standard InChI is InChI=1S/C15H18BrClN2O/c1-10-3-5-12(20-10)9-19(2)15(8-18)13-7-11(16)4-6-14(13)17/h3-7,15H,8-9,18H2,1-2H3. The van der Waals surface area contributed by atoms with Crippen molar-refractivity contribution in [1.82, 2.24) is 4.90 Å². The largest absolute Gasteiger partial charge is 0.465 e. The summed E-state index contributed by atoms with van der Waals surface area (Å²) in [6, 6.07) is 9.83. The Labute approximate surface area is 132 Å². The molecule has 2 rings (SSSR count). The fourth-order valence-corrected chi connectivity index (χ4v) is 2.86. The summed E-state index contributed by atoms with van der Waals surface area (Å²) in [5.74, 6) is 1.84. The van der Waals surface area contributed by atoms with Crippen LogP contribution in [0.15, 0.2) is 39.2 Å². The summed E-state index contributed by atoms with van der Waals surface area (Å²) < 4.78 is 6.61. The van der Waals surface area contributed by atoms with Crippen LogP contribution in [0.2, 0.25) is 5.02 Å². The Hall–Kier alpha value is -0.810. The van der Waals surface area contributed by atoms with Crippen LogP contribution < -0.4 is 5.73 Å². The maximum Gasteiger partial charge on any atom is 0.118 e. The predicted octanol–water partition coefficient (Wildman–Crippen LogP) is 4.14. The molecule has 0 aliphatic carbocycles. The van der Waals surface area contributed by atoms with Gasteiger partial charge in [0.05, 0.1) is 6.54 Å². The molecule has 0 aliphatic rings. The third-order valence-electron chi connectivity index (χ3n) is 3.27. The number of hydrogen-bond acceptors (Lipinski definition) is 3. The van der Waals surface area contributed by atoms with Crippen LogP contribution in [0.1, 0.15) is 23.1 Å². The Morgan fingerprint density at radius 3 is 2.70 bits per heavy atom. The van der Waals surface area contributed by atoms with Crippen molar-refractivity contribution >= 4 is 27.5 Å². The van der Waals surface area contributed by atoms with Gasteiger partial charge < -0.3 is 10.2 Å². The van der Waals surface area contributed by atoms with Gasteiger partial charge in [0.2, 0.25) is 0 Å². The SMILES string of the molecule is Cc1ccc(CN(C)C(CN)c2cc(Br)ccc2Cl)o1. The van der Waals surface area contributed by atoms with Crippen molar-refractivity contribution in [3.63, 3.8) is 0 Å². The number of nitrogens with two attached hydrogens (primary N) is 1. The lowest BCUT2D eigenvalue weighted by atomic mass is 10.1. The summed E-state index contributed by atoms with van der Waals surface area (Å²) >= 11 is 9.77. The van der Waals surface area contributed by atoms with Crippen molar-refractivity contribution in [3.8, 4) is 0 Å². The Morgan fingerprint density at radius 1 is 1.35 bits per heavy atom. The van der Waals surface area contributed by atoms with E-state index in [0.717, 1.165) is 26.6 Å². The minimum absolute atomic E-state index is 0.0467. The molecule has 1 heterocycles. The number of hydrogen-bond donors (Lipinski definition) is 1. The Kier molecular flexibility index (Phi) is 5.27. The molecule has 1 unspecified atom stereocenters. The first kappa shape index (κ1) is 15.6. The Bertz CT molecular complexity index is 585. The summed E-state index contributed by atoms with van der Waals surface area (Å²) in [5, 5.41) is 0.728. The van der Waals surface area contributed by atoms with E-state index in [1.165, 1.54) is 0 Å². The average Bonchev–Trinajstić information content (AvgIpc) is 2.80. The van der Waals surface area contributed by atoms with Crippen molar-refractivity contribution in [1.29, 1.82) is 0 Å². The summed E-state index contributed by atoms with van der Waals surface area (Å²) in [5.41, 5.74) is 6.96. The maximum atomic E-state index is 6.29. The molecule has 3 nitrogen and oxygen atoms in total. The number of aryl methyl sites for hydroxylation is 1. The van der Waals surface area contributed by atoms with Gasteiger partial charge in [0.25, 0.3) is 0 Å². The lowest BCUT2D eigenvalue weighted by molar-refractivity contribution is 0.221.